The number of fused-ring (bicyclic) bond motifs is 3. The van der Waals surface area contributed by atoms with Crippen molar-refractivity contribution in [1.82, 2.24) is 4.90 Å². The number of aliphatic hydroxyl groups is 1. The Balaban J connectivity index is 1.68. The molecule has 2 aromatic rings. The van der Waals surface area contributed by atoms with E-state index in [-0.39, 0.29) is 30.7 Å². The molecular formula is C30H34N4O7. The lowest BCUT2D eigenvalue weighted by molar-refractivity contribution is -0.181. The van der Waals surface area contributed by atoms with Crippen molar-refractivity contribution in [3.63, 3.8) is 0 Å². The van der Waals surface area contributed by atoms with Crippen molar-refractivity contribution >= 4 is 34.7 Å². The Hall–Kier alpha value is -3.93. The number of phenols is 1. The number of hydrogen-bond donors (Lipinski definition) is 4. The Morgan fingerprint density at radius 3 is 2.22 bits per heavy atom. The van der Waals surface area contributed by atoms with Gasteiger partial charge in [0.25, 0.3) is 0 Å². The van der Waals surface area contributed by atoms with E-state index in [1.54, 1.807) is 20.2 Å². The van der Waals surface area contributed by atoms with Crippen molar-refractivity contribution in [2.45, 2.75) is 31.0 Å². The molecule has 5 rings (SSSR count). The summed E-state index contributed by atoms with van der Waals surface area (Å²) in [4.78, 5) is 70.4. The number of Topliss-reactive ketones (excluding diaryl/α,β-unsaturated/α-hetero) is 4. The maximum Gasteiger partial charge on any atom is 0.235 e. The molecule has 3 aliphatic rings. The number of anilines is 1. The lowest BCUT2D eigenvalue weighted by atomic mass is 9.52. The molecule has 11 nitrogen and oxygen atoms in total. The molecule has 0 radical (unpaired) electrons. The molecule has 11 heteroatoms. The van der Waals surface area contributed by atoms with Crippen LogP contribution in [0.4, 0.5) is 5.69 Å². The predicted molar refractivity (Wildman–Crippen MR) is 149 cm³/mol. The van der Waals surface area contributed by atoms with E-state index in [1.165, 1.54) is 4.90 Å². The van der Waals surface area contributed by atoms with Crippen LogP contribution in [0.2, 0.25) is 0 Å². The first-order valence-corrected chi connectivity index (χ1v) is 13.5. The normalized spacial score (nSPS) is 29.2. The average Bonchev–Trinajstić information content (AvgIpc) is 2.90. The van der Waals surface area contributed by atoms with E-state index < -0.39 is 64.4 Å². The van der Waals surface area contributed by atoms with Crippen LogP contribution in [0.1, 0.15) is 27.9 Å². The number of amides is 1. The van der Waals surface area contributed by atoms with Gasteiger partial charge in [0.15, 0.2) is 34.7 Å². The number of benzene rings is 2. The third kappa shape index (κ3) is 4.02. The molecule has 2 aromatic carbocycles. The van der Waals surface area contributed by atoms with Crippen molar-refractivity contribution in [2.75, 3.05) is 33.1 Å². The van der Waals surface area contributed by atoms with Gasteiger partial charge in [-0.3, -0.25) is 28.9 Å². The maximum atomic E-state index is 14.1. The largest absolute Gasteiger partial charge is 0.507 e. The average molecular weight is 563 g/mol. The van der Waals surface area contributed by atoms with E-state index in [4.69, 9.17) is 11.5 Å². The van der Waals surface area contributed by atoms with Gasteiger partial charge in [0.2, 0.25) is 5.91 Å². The first kappa shape index (κ1) is 28.6. The molecule has 6 atom stereocenters. The zero-order valence-corrected chi connectivity index (χ0v) is 23.4. The summed E-state index contributed by atoms with van der Waals surface area (Å²) in [6.45, 7) is -0.0748. The highest BCUT2D eigenvalue weighted by molar-refractivity contribution is 6.32. The summed E-state index contributed by atoms with van der Waals surface area (Å²) >= 11 is 0. The first-order valence-electron chi connectivity index (χ1n) is 13.5. The van der Waals surface area contributed by atoms with Gasteiger partial charge >= 0.3 is 0 Å². The molecule has 0 heterocycles. The predicted octanol–water partition coefficient (Wildman–Crippen LogP) is 0.0587. The number of phenolic OH excluding ortho intramolecular Hbond substituents is 1. The van der Waals surface area contributed by atoms with Crippen LogP contribution in [-0.2, 0) is 32.1 Å². The molecule has 0 saturated heterocycles. The Labute approximate surface area is 237 Å². The van der Waals surface area contributed by atoms with Gasteiger partial charge in [-0.2, -0.15) is 0 Å². The van der Waals surface area contributed by atoms with Crippen LogP contribution in [0.25, 0.3) is 11.1 Å². The third-order valence-electron chi connectivity index (χ3n) is 9.05. The lowest BCUT2D eigenvalue weighted by Gasteiger charge is -2.52. The second-order valence-corrected chi connectivity index (χ2v) is 11.7. The van der Waals surface area contributed by atoms with Crippen molar-refractivity contribution in [2.24, 2.45) is 35.1 Å². The zero-order chi connectivity index (χ0) is 30.1. The quantitative estimate of drug-likeness (QED) is 0.363. The highest BCUT2D eigenvalue weighted by Crippen LogP contribution is 2.52. The van der Waals surface area contributed by atoms with E-state index in [2.05, 4.69) is 0 Å². The number of hydrogen-bond acceptors (Lipinski definition) is 10. The molecule has 2 fully saturated rings. The number of ketones is 4. The Morgan fingerprint density at radius 1 is 1.05 bits per heavy atom. The molecule has 6 N–H and O–H groups in total. The Morgan fingerprint density at radius 2 is 1.68 bits per heavy atom. The van der Waals surface area contributed by atoms with Crippen LogP contribution in [0.15, 0.2) is 30.3 Å². The summed E-state index contributed by atoms with van der Waals surface area (Å²) in [5.41, 5.74) is 11.7. The fraction of sp³-hybridized carbons (Fsp3) is 0.433. The minimum Gasteiger partial charge on any atom is -0.507 e. The number of primary amides is 1. The van der Waals surface area contributed by atoms with Crippen molar-refractivity contribution in [3.05, 3.63) is 47.0 Å². The molecule has 6 unspecified atom stereocenters. The van der Waals surface area contributed by atoms with E-state index in [0.29, 0.717) is 16.7 Å². The van der Waals surface area contributed by atoms with Crippen LogP contribution in [0.3, 0.4) is 0 Å². The van der Waals surface area contributed by atoms with Crippen molar-refractivity contribution in [1.29, 1.82) is 0 Å². The van der Waals surface area contributed by atoms with Gasteiger partial charge in [-0.25, -0.2) is 0 Å². The molecule has 3 aliphatic carbocycles. The van der Waals surface area contributed by atoms with E-state index in [9.17, 15) is 34.2 Å². The molecular weight excluding hydrogens is 528 g/mol. The molecule has 1 amide bonds. The van der Waals surface area contributed by atoms with Crippen LogP contribution in [-0.4, -0.2) is 84.0 Å². The first-order chi connectivity index (χ1) is 19.2. The zero-order valence-electron chi connectivity index (χ0n) is 23.4. The SMILES string of the molecule is CN(C)c1ccc(-c2cc(CN)c(O)c3c2CC2CC4C(N(C)C)C(=O)C(C(N)=O)C(=O)C4(O)C(=O)C2C3=O)cc1. The molecule has 0 aliphatic heterocycles. The summed E-state index contributed by atoms with van der Waals surface area (Å²) in [5.74, 6) is -10.8. The fourth-order valence-electron chi connectivity index (χ4n) is 7.08. The standard InChI is InChI=1S/C30H34N4O7/c1-33(2)16-7-5-13(6-8-16)17-10-15(12-31)24(35)21-18(17)9-14-11-19-23(34(3)4)26(37)22(29(32)40)28(39)30(19,41)27(38)20(14)25(21)36/h5-8,10,14,19-20,22-23,35,41H,9,11-12,31H2,1-4H3,(H2,32,40). The number of carbonyl (C=O) groups is 5. The number of nitrogens with zero attached hydrogens (tertiary/aromatic N) is 2. The molecule has 41 heavy (non-hydrogen) atoms. The van der Waals surface area contributed by atoms with Gasteiger partial charge in [-0.05, 0) is 67.7 Å². The van der Waals surface area contributed by atoms with Crippen molar-refractivity contribution in [3.8, 4) is 16.9 Å². The van der Waals surface area contributed by atoms with Crippen molar-refractivity contribution < 1.29 is 34.2 Å². The molecule has 0 spiro atoms. The fourth-order valence-corrected chi connectivity index (χ4v) is 7.08. The van der Waals surface area contributed by atoms with Crippen LogP contribution < -0.4 is 16.4 Å². The number of aromatic hydroxyl groups is 1. The topological polar surface area (TPSA) is 184 Å². The van der Waals surface area contributed by atoms with E-state index >= 15 is 0 Å². The molecule has 2 saturated carbocycles. The summed E-state index contributed by atoms with van der Waals surface area (Å²) in [7, 11) is 6.93. The van der Waals surface area contributed by atoms with Gasteiger partial charge in [0.05, 0.1) is 17.5 Å². The summed E-state index contributed by atoms with van der Waals surface area (Å²) < 4.78 is 0. The Bertz CT molecular complexity index is 1500. The lowest BCUT2D eigenvalue weighted by Crippen LogP contribution is -2.74. The second kappa shape index (κ2) is 9.86. The minimum atomic E-state index is -2.76. The molecule has 0 bridgehead atoms. The van der Waals surface area contributed by atoms with Crippen LogP contribution >= 0.6 is 0 Å². The smallest absolute Gasteiger partial charge is 0.235 e. The maximum absolute atomic E-state index is 14.1. The third-order valence-corrected chi connectivity index (χ3v) is 9.05. The summed E-state index contributed by atoms with van der Waals surface area (Å²) in [5, 5.41) is 22.9. The molecule has 216 valence electrons. The summed E-state index contributed by atoms with van der Waals surface area (Å²) in [6, 6.07) is 8.22. The number of likely N-dealkylation sites (N-methyl/N-ethyl adjacent to an activating group) is 1. The van der Waals surface area contributed by atoms with Gasteiger partial charge in [0, 0.05) is 37.8 Å². The van der Waals surface area contributed by atoms with Gasteiger partial charge in [0.1, 0.15) is 5.75 Å². The molecule has 0 aromatic heterocycles. The number of rotatable bonds is 5. The van der Waals surface area contributed by atoms with Gasteiger partial charge in [-0.15, -0.1) is 0 Å². The van der Waals surface area contributed by atoms with Crippen LogP contribution in [0, 0.1) is 23.7 Å². The van der Waals surface area contributed by atoms with Gasteiger partial charge in [-0.1, -0.05) is 12.1 Å². The van der Waals surface area contributed by atoms with E-state index in [1.807, 2.05) is 43.3 Å². The Kier molecular flexibility index (Phi) is 6.88. The number of nitrogens with two attached hydrogens (primary N) is 2. The minimum absolute atomic E-state index is 0.0116. The number of carbonyl (C=O) groups excluding carboxylic acids is 5. The van der Waals surface area contributed by atoms with Crippen LogP contribution in [0.5, 0.6) is 5.75 Å². The highest BCUT2D eigenvalue weighted by Gasteiger charge is 2.69. The van der Waals surface area contributed by atoms with Gasteiger partial charge < -0.3 is 26.6 Å². The monoisotopic (exact) mass is 562 g/mol. The summed E-state index contributed by atoms with van der Waals surface area (Å²) in [6.07, 6.45) is 0.164. The second-order valence-electron chi connectivity index (χ2n) is 11.7. The highest BCUT2D eigenvalue weighted by atomic mass is 16.3. The van der Waals surface area contributed by atoms with E-state index in [0.717, 1.165) is 11.3 Å².